The van der Waals surface area contributed by atoms with Crippen molar-refractivity contribution in [2.75, 3.05) is 11.4 Å². The number of amides is 2. The minimum Gasteiger partial charge on any atom is -0.489 e. The van der Waals surface area contributed by atoms with Gasteiger partial charge >= 0.3 is 0 Å². The van der Waals surface area contributed by atoms with E-state index in [1.165, 1.54) is 9.80 Å². The number of para-hydroxylation sites is 1. The Bertz CT molecular complexity index is 1630. The van der Waals surface area contributed by atoms with Gasteiger partial charge in [0.1, 0.15) is 17.9 Å². The summed E-state index contributed by atoms with van der Waals surface area (Å²) in [5.41, 5.74) is 5.37. The van der Waals surface area contributed by atoms with E-state index < -0.39 is 5.91 Å². The highest BCUT2D eigenvalue weighted by Crippen LogP contribution is 2.29. The number of anilines is 1. The molecule has 8 heteroatoms. The lowest BCUT2D eigenvalue weighted by molar-refractivity contribution is -0.127. The topological polar surface area (TPSA) is 54.8 Å². The molecule has 1 aliphatic heterocycles. The zero-order chi connectivity index (χ0) is 29.1. The molecule has 3 aromatic carbocycles. The van der Waals surface area contributed by atoms with E-state index >= 15 is 0 Å². The third-order valence-electron chi connectivity index (χ3n) is 6.98. The van der Waals surface area contributed by atoms with Gasteiger partial charge in [0.15, 0.2) is 5.11 Å². The van der Waals surface area contributed by atoms with E-state index in [-0.39, 0.29) is 16.6 Å². The van der Waals surface area contributed by atoms with E-state index in [4.69, 9.17) is 28.6 Å². The molecule has 0 unspecified atom stereocenters. The number of benzene rings is 3. The first-order valence-electron chi connectivity index (χ1n) is 13.4. The van der Waals surface area contributed by atoms with E-state index in [0.29, 0.717) is 30.3 Å². The second-order valence-electron chi connectivity index (χ2n) is 9.84. The summed E-state index contributed by atoms with van der Waals surface area (Å²) < 4.78 is 8.03. The molecular formula is C33H30ClN3O3S. The quantitative estimate of drug-likeness (QED) is 0.124. The number of ether oxygens (including phenoxy) is 1. The molecule has 6 nitrogen and oxygen atoms in total. The summed E-state index contributed by atoms with van der Waals surface area (Å²) >= 11 is 11.6. The summed E-state index contributed by atoms with van der Waals surface area (Å²) in [5, 5.41) is 0.895. The predicted octanol–water partition coefficient (Wildman–Crippen LogP) is 7.28. The van der Waals surface area contributed by atoms with Crippen molar-refractivity contribution in [3.63, 3.8) is 0 Å². The standard InChI is InChI=1S/C33H30ClN3O3S/c1-4-18-35-31(38)30(32(39)37(33(35)41)27-8-6-5-7-9-27)20-25-19-22(2)36(23(25)3)28-14-16-29(17-15-28)40-21-24-10-12-26(34)13-11-24/h5-17,19-20H,4,18,21H2,1-3H3/b30-20+. The molecule has 5 rings (SSSR count). The number of nitrogens with zero attached hydrogens (tertiary/aromatic N) is 3. The molecule has 0 bridgehead atoms. The maximum absolute atomic E-state index is 13.7. The lowest BCUT2D eigenvalue weighted by Crippen LogP contribution is -2.56. The number of aryl methyl sites for hydroxylation is 1. The average molecular weight is 584 g/mol. The van der Waals surface area contributed by atoms with Gasteiger partial charge in [0, 0.05) is 28.6 Å². The Morgan fingerprint density at radius 3 is 2.22 bits per heavy atom. The molecule has 208 valence electrons. The summed E-state index contributed by atoms with van der Waals surface area (Å²) in [7, 11) is 0. The van der Waals surface area contributed by atoms with Crippen LogP contribution in [-0.2, 0) is 16.2 Å². The van der Waals surface area contributed by atoms with E-state index in [0.717, 1.165) is 34.0 Å². The molecule has 2 amide bonds. The van der Waals surface area contributed by atoms with Crippen molar-refractivity contribution >= 4 is 52.5 Å². The summed E-state index contributed by atoms with van der Waals surface area (Å²) in [4.78, 5) is 30.1. The Labute approximate surface area is 250 Å². The van der Waals surface area contributed by atoms with Crippen molar-refractivity contribution in [3.8, 4) is 11.4 Å². The third kappa shape index (κ3) is 5.82. The third-order valence-corrected chi connectivity index (χ3v) is 7.63. The first kappa shape index (κ1) is 28.3. The lowest BCUT2D eigenvalue weighted by Gasteiger charge is -2.36. The van der Waals surface area contributed by atoms with Crippen molar-refractivity contribution in [2.24, 2.45) is 0 Å². The van der Waals surface area contributed by atoms with Crippen molar-refractivity contribution in [2.45, 2.75) is 33.8 Å². The SMILES string of the molecule is CCCN1C(=O)/C(=C\c2cc(C)n(-c3ccc(OCc4ccc(Cl)cc4)cc3)c2C)C(=O)N(c2ccccc2)C1=S. The molecule has 0 spiro atoms. The van der Waals surface area contributed by atoms with Crippen LogP contribution in [0.25, 0.3) is 11.8 Å². The van der Waals surface area contributed by atoms with Crippen LogP contribution in [0.4, 0.5) is 5.69 Å². The fourth-order valence-electron chi connectivity index (χ4n) is 4.93. The molecular weight excluding hydrogens is 554 g/mol. The highest BCUT2D eigenvalue weighted by molar-refractivity contribution is 7.80. The Kier molecular flexibility index (Phi) is 8.38. The molecule has 0 N–H and O–H groups in total. The highest BCUT2D eigenvalue weighted by atomic mass is 35.5. The van der Waals surface area contributed by atoms with Gasteiger partial charge in [-0.25, -0.2) is 0 Å². The lowest BCUT2D eigenvalue weighted by atomic mass is 10.1. The molecule has 0 radical (unpaired) electrons. The first-order valence-corrected chi connectivity index (χ1v) is 14.2. The molecule has 0 aliphatic carbocycles. The van der Waals surface area contributed by atoms with Crippen LogP contribution in [0.1, 0.15) is 35.9 Å². The number of hydrogen-bond donors (Lipinski definition) is 0. The van der Waals surface area contributed by atoms with Crippen molar-refractivity contribution < 1.29 is 14.3 Å². The number of carbonyl (C=O) groups is 2. The van der Waals surface area contributed by atoms with E-state index in [9.17, 15) is 9.59 Å². The van der Waals surface area contributed by atoms with E-state index in [2.05, 4.69) is 4.57 Å². The summed E-state index contributed by atoms with van der Waals surface area (Å²) in [6.07, 6.45) is 2.40. The maximum Gasteiger partial charge on any atom is 0.270 e. The van der Waals surface area contributed by atoms with Crippen LogP contribution < -0.4 is 9.64 Å². The monoisotopic (exact) mass is 583 g/mol. The fourth-order valence-corrected chi connectivity index (χ4v) is 5.41. The van der Waals surface area contributed by atoms with Crippen LogP contribution >= 0.6 is 23.8 Å². The number of carbonyl (C=O) groups excluding carboxylic acids is 2. The number of hydrogen-bond acceptors (Lipinski definition) is 4. The van der Waals surface area contributed by atoms with Gasteiger partial charge in [0.2, 0.25) is 0 Å². The van der Waals surface area contributed by atoms with Crippen LogP contribution in [0.15, 0.2) is 90.5 Å². The molecule has 0 atom stereocenters. The van der Waals surface area contributed by atoms with E-state index in [1.54, 1.807) is 6.08 Å². The van der Waals surface area contributed by atoms with Gasteiger partial charge in [-0.2, -0.15) is 0 Å². The van der Waals surface area contributed by atoms with E-state index in [1.807, 2.05) is 106 Å². The molecule has 2 heterocycles. The summed E-state index contributed by atoms with van der Waals surface area (Å²) in [5.74, 6) is -0.0496. The number of halogens is 1. The molecule has 4 aromatic rings. The van der Waals surface area contributed by atoms with Crippen LogP contribution in [-0.4, -0.2) is 32.9 Å². The molecule has 1 saturated heterocycles. The van der Waals surface area contributed by atoms with Crippen molar-refractivity contribution in [1.82, 2.24) is 9.47 Å². The Hall–Kier alpha value is -4.20. The van der Waals surface area contributed by atoms with Gasteiger partial charge in [0.25, 0.3) is 11.8 Å². The van der Waals surface area contributed by atoms with Gasteiger partial charge in [-0.15, -0.1) is 0 Å². The minimum atomic E-state index is -0.425. The van der Waals surface area contributed by atoms with Crippen molar-refractivity contribution in [1.29, 1.82) is 0 Å². The van der Waals surface area contributed by atoms with Gasteiger partial charge in [-0.3, -0.25) is 19.4 Å². The zero-order valence-electron chi connectivity index (χ0n) is 23.1. The number of thiocarbonyl (C=S) groups is 1. The molecule has 0 saturated carbocycles. The van der Waals surface area contributed by atoms with Crippen LogP contribution in [0, 0.1) is 13.8 Å². The fraction of sp³-hybridized carbons (Fsp3) is 0.182. The first-order chi connectivity index (χ1) is 19.8. The van der Waals surface area contributed by atoms with Gasteiger partial charge in [-0.1, -0.05) is 48.9 Å². The Morgan fingerprint density at radius 1 is 0.878 bits per heavy atom. The smallest absolute Gasteiger partial charge is 0.270 e. The average Bonchev–Trinajstić information content (AvgIpc) is 3.26. The van der Waals surface area contributed by atoms with Crippen LogP contribution in [0.2, 0.25) is 5.02 Å². The van der Waals surface area contributed by atoms with Crippen molar-refractivity contribution in [3.05, 3.63) is 118 Å². The number of rotatable bonds is 8. The molecule has 1 aromatic heterocycles. The normalized spacial score (nSPS) is 14.7. The van der Waals surface area contributed by atoms with Gasteiger partial charge in [-0.05, 0) is 104 Å². The Balaban J connectivity index is 1.43. The maximum atomic E-state index is 13.7. The predicted molar refractivity (Wildman–Crippen MR) is 168 cm³/mol. The minimum absolute atomic E-state index is 0.0853. The molecule has 41 heavy (non-hydrogen) atoms. The Morgan fingerprint density at radius 2 is 1.56 bits per heavy atom. The second-order valence-corrected chi connectivity index (χ2v) is 10.6. The zero-order valence-corrected chi connectivity index (χ0v) is 24.7. The largest absolute Gasteiger partial charge is 0.489 e. The molecule has 1 aliphatic rings. The highest BCUT2D eigenvalue weighted by Gasteiger charge is 2.40. The van der Waals surface area contributed by atoms with Crippen LogP contribution in [0.3, 0.4) is 0 Å². The summed E-state index contributed by atoms with van der Waals surface area (Å²) in [6, 6.07) is 26.6. The van der Waals surface area contributed by atoms with Gasteiger partial charge < -0.3 is 9.30 Å². The number of aromatic nitrogens is 1. The van der Waals surface area contributed by atoms with Gasteiger partial charge in [0.05, 0.1) is 5.69 Å². The van der Waals surface area contributed by atoms with Crippen LogP contribution in [0.5, 0.6) is 5.75 Å². The molecule has 1 fully saturated rings. The second kappa shape index (κ2) is 12.1. The summed E-state index contributed by atoms with van der Waals surface area (Å²) in [6.45, 7) is 6.82.